The molecule has 7 heteroatoms. The molecule has 4 nitrogen and oxygen atoms in total. The number of ketones is 1. The number of hydrogen-bond donors (Lipinski definition) is 1. The van der Waals surface area contributed by atoms with Gasteiger partial charge in [-0.25, -0.2) is 9.97 Å². The fraction of sp³-hybridized carbons (Fsp3) is 0.267. The van der Waals surface area contributed by atoms with Crippen LogP contribution in [0.5, 0.6) is 0 Å². The second kappa shape index (κ2) is 7.81. The van der Waals surface area contributed by atoms with Crippen molar-refractivity contribution < 1.29 is 4.79 Å². The summed E-state index contributed by atoms with van der Waals surface area (Å²) in [6.45, 7) is 2.68. The molecule has 1 N–H and O–H groups in total. The number of nitrogens with zero attached hydrogens (tertiary/aromatic N) is 2. The highest BCUT2D eigenvalue weighted by molar-refractivity contribution is 7.98. The smallest absolute Gasteiger partial charge is 0.189 e. The molecule has 0 spiro atoms. The zero-order valence-electron chi connectivity index (χ0n) is 12.2. The number of thioether (sulfide) groups is 1. The number of anilines is 1. The summed E-state index contributed by atoms with van der Waals surface area (Å²) in [6.07, 6.45) is 3.71. The summed E-state index contributed by atoms with van der Waals surface area (Å²) in [5.74, 6) is 0.508. The second-order valence-corrected chi connectivity index (χ2v) is 6.05. The van der Waals surface area contributed by atoms with Crippen LogP contribution in [-0.4, -0.2) is 28.6 Å². The Bertz CT molecular complexity index is 674. The lowest BCUT2D eigenvalue weighted by Crippen LogP contribution is -2.11. The highest BCUT2D eigenvalue weighted by Gasteiger charge is 2.17. The van der Waals surface area contributed by atoms with Crippen molar-refractivity contribution in [3.63, 3.8) is 0 Å². The molecule has 0 saturated heterocycles. The van der Waals surface area contributed by atoms with E-state index in [9.17, 15) is 4.79 Å². The molecule has 1 aromatic carbocycles. The monoisotopic (exact) mass is 355 g/mol. The van der Waals surface area contributed by atoms with Crippen molar-refractivity contribution in [1.29, 1.82) is 0 Å². The Balaban J connectivity index is 2.32. The van der Waals surface area contributed by atoms with Crippen molar-refractivity contribution >= 4 is 46.6 Å². The molecule has 1 heterocycles. The van der Waals surface area contributed by atoms with Crippen molar-refractivity contribution in [2.24, 2.45) is 0 Å². The first-order valence-corrected chi connectivity index (χ1v) is 8.65. The van der Waals surface area contributed by atoms with Crippen LogP contribution >= 0.6 is 35.0 Å². The fourth-order valence-electron chi connectivity index (χ4n) is 1.96. The SMILES string of the molecule is CCNc1nc(SC)ncc1CC(=O)c1c(Cl)cccc1Cl. The predicted molar refractivity (Wildman–Crippen MR) is 92.5 cm³/mol. The zero-order valence-corrected chi connectivity index (χ0v) is 14.5. The largest absolute Gasteiger partial charge is 0.370 e. The third-order valence-electron chi connectivity index (χ3n) is 2.96. The van der Waals surface area contributed by atoms with Crippen molar-refractivity contribution in [2.45, 2.75) is 18.5 Å². The van der Waals surface area contributed by atoms with Gasteiger partial charge in [0, 0.05) is 24.7 Å². The molecule has 0 bridgehead atoms. The van der Waals surface area contributed by atoms with E-state index >= 15 is 0 Å². The van der Waals surface area contributed by atoms with Crippen molar-refractivity contribution in [2.75, 3.05) is 18.1 Å². The van der Waals surface area contributed by atoms with E-state index in [2.05, 4.69) is 15.3 Å². The van der Waals surface area contributed by atoms with Crippen LogP contribution in [0, 0.1) is 0 Å². The zero-order chi connectivity index (χ0) is 16.1. The molecule has 2 rings (SSSR count). The minimum absolute atomic E-state index is 0.139. The number of hydrogen-bond acceptors (Lipinski definition) is 5. The summed E-state index contributed by atoms with van der Waals surface area (Å²) < 4.78 is 0. The number of aromatic nitrogens is 2. The van der Waals surface area contributed by atoms with Crippen LogP contribution in [-0.2, 0) is 6.42 Å². The summed E-state index contributed by atoms with van der Waals surface area (Å²) in [6, 6.07) is 5.01. The lowest BCUT2D eigenvalue weighted by atomic mass is 10.0. The van der Waals surface area contributed by atoms with E-state index in [-0.39, 0.29) is 12.2 Å². The average Bonchev–Trinajstić information content (AvgIpc) is 2.49. The van der Waals surface area contributed by atoms with Gasteiger partial charge in [0.05, 0.1) is 15.6 Å². The molecule has 0 aliphatic rings. The first-order valence-electron chi connectivity index (χ1n) is 6.67. The number of rotatable bonds is 6. The number of carbonyl (C=O) groups excluding carboxylic acids is 1. The number of nitrogens with one attached hydrogen (secondary N) is 1. The molecule has 2 aromatic rings. The van der Waals surface area contributed by atoms with E-state index in [0.717, 1.165) is 5.56 Å². The minimum Gasteiger partial charge on any atom is -0.370 e. The van der Waals surface area contributed by atoms with E-state index < -0.39 is 0 Å². The average molecular weight is 356 g/mol. The maximum atomic E-state index is 12.5. The number of carbonyl (C=O) groups is 1. The van der Waals surface area contributed by atoms with Gasteiger partial charge in [0.2, 0.25) is 0 Å². The fourth-order valence-corrected chi connectivity index (χ4v) is 2.91. The molecule has 22 heavy (non-hydrogen) atoms. The van der Waals surface area contributed by atoms with Crippen LogP contribution in [0.25, 0.3) is 0 Å². The molecular formula is C15H15Cl2N3OS. The Morgan fingerprint density at radius 1 is 1.32 bits per heavy atom. The third-order valence-corrected chi connectivity index (χ3v) is 4.15. The molecule has 116 valence electrons. The van der Waals surface area contributed by atoms with Crippen molar-refractivity contribution in [1.82, 2.24) is 9.97 Å². The normalized spacial score (nSPS) is 10.5. The standard InChI is InChI=1S/C15H15Cl2N3OS/c1-3-18-14-9(8-19-15(20-14)22-2)7-12(21)13-10(16)5-4-6-11(13)17/h4-6,8H,3,7H2,1-2H3,(H,18,19,20). The molecule has 0 aliphatic carbocycles. The number of halogens is 2. The van der Waals surface area contributed by atoms with E-state index in [1.54, 1.807) is 24.4 Å². The van der Waals surface area contributed by atoms with Crippen LogP contribution < -0.4 is 5.32 Å². The summed E-state index contributed by atoms with van der Waals surface area (Å²) in [7, 11) is 0. The Hall–Kier alpha value is -1.30. The predicted octanol–water partition coefficient (Wildman–Crippen LogP) is 4.36. The van der Waals surface area contributed by atoms with Crippen molar-refractivity contribution in [3.05, 3.63) is 45.6 Å². The van der Waals surface area contributed by atoms with E-state index in [1.165, 1.54) is 11.8 Å². The molecule has 0 radical (unpaired) electrons. The Kier molecular flexibility index (Phi) is 6.06. The highest BCUT2D eigenvalue weighted by atomic mass is 35.5. The Morgan fingerprint density at radius 2 is 2.00 bits per heavy atom. The first kappa shape index (κ1) is 17.1. The van der Waals surface area contributed by atoms with Gasteiger partial charge in [-0.1, -0.05) is 41.0 Å². The van der Waals surface area contributed by atoms with Gasteiger partial charge >= 0.3 is 0 Å². The maximum absolute atomic E-state index is 12.5. The minimum atomic E-state index is -0.157. The quantitative estimate of drug-likeness (QED) is 0.473. The Morgan fingerprint density at radius 3 is 2.59 bits per heavy atom. The van der Waals surface area contributed by atoms with Gasteiger partial charge in [0.15, 0.2) is 10.9 Å². The van der Waals surface area contributed by atoms with Gasteiger partial charge in [0.25, 0.3) is 0 Å². The van der Waals surface area contributed by atoms with E-state index in [4.69, 9.17) is 23.2 Å². The summed E-state index contributed by atoms with van der Waals surface area (Å²) >= 11 is 13.6. The van der Waals surface area contributed by atoms with Crippen LogP contribution in [0.15, 0.2) is 29.6 Å². The third kappa shape index (κ3) is 3.91. The molecule has 0 fully saturated rings. The van der Waals surface area contributed by atoms with Crippen molar-refractivity contribution in [3.8, 4) is 0 Å². The lowest BCUT2D eigenvalue weighted by Gasteiger charge is -2.11. The first-order chi connectivity index (χ1) is 10.6. The van der Waals surface area contributed by atoms with Gasteiger partial charge in [0.1, 0.15) is 5.82 Å². The topological polar surface area (TPSA) is 54.9 Å². The second-order valence-electron chi connectivity index (χ2n) is 4.46. The van der Waals surface area contributed by atoms with Gasteiger partial charge in [-0.3, -0.25) is 4.79 Å². The maximum Gasteiger partial charge on any atom is 0.189 e. The number of Topliss-reactive ketones (excluding diaryl/α,β-unsaturated/α-hetero) is 1. The van der Waals surface area contributed by atoms with E-state index in [0.29, 0.717) is 33.1 Å². The summed E-state index contributed by atoms with van der Waals surface area (Å²) in [4.78, 5) is 21.1. The van der Waals surface area contributed by atoms with Crippen LogP contribution in [0.3, 0.4) is 0 Å². The van der Waals surface area contributed by atoms with Crippen LogP contribution in [0.1, 0.15) is 22.8 Å². The molecule has 1 aromatic heterocycles. The molecule has 0 aliphatic heterocycles. The molecule has 0 atom stereocenters. The summed E-state index contributed by atoms with van der Waals surface area (Å²) in [5.41, 5.74) is 1.06. The highest BCUT2D eigenvalue weighted by Crippen LogP contribution is 2.27. The van der Waals surface area contributed by atoms with Crippen LogP contribution in [0.2, 0.25) is 10.0 Å². The van der Waals surface area contributed by atoms with Gasteiger partial charge in [-0.2, -0.15) is 0 Å². The van der Waals surface area contributed by atoms with Gasteiger partial charge in [-0.15, -0.1) is 0 Å². The van der Waals surface area contributed by atoms with Gasteiger partial charge < -0.3 is 5.32 Å². The number of benzene rings is 1. The van der Waals surface area contributed by atoms with E-state index in [1.807, 2.05) is 13.2 Å². The molecular weight excluding hydrogens is 341 g/mol. The van der Waals surface area contributed by atoms with Gasteiger partial charge in [-0.05, 0) is 25.3 Å². The molecule has 0 saturated carbocycles. The lowest BCUT2D eigenvalue weighted by molar-refractivity contribution is 0.0993. The molecule has 0 amide bonds. The Labute approximate surface area is 143 Å². The molecule has 0 unspecified atom stereocenters. The summed E-state index contributed by atoms with van der Waals surface area (Å²) in [5, 5.41) is 4.51. The van der Waals surface area contributed by atoms with Crippen LogP contribution in [0.4, 0.5) is 5.82 Å².